The molecule has 1 atom stereocenters. The molecule has 6 heteroatoms. The van der Waals surface area contributed by atoms with Gasteiger partial charge in [0.05, 0.1) is 5.02 Å². The zero-order valence-corrected chi connectivity index (χ0v) is 10.7. The summed E-state index contributed by atoms with van der Waals surface area (Å²) >= 11 is 5.64. The van der Waals surface area contributed by atoms with Gasteiger partial charge in [0, 0.05) is 31.4 Å². The van der Waals surface area contributed by atoms with E-state index < -0.39 is 11.9 Å². The number of hydrogen-bond donors (Lipinski definition) is 1. The van der Waals surface area contributed by atoms with Gasteiger partial charge in [0.25, 0.3) is 0 Å². The number of halogens is 2. The number of amides is 1. The Morgan fingerprint density at radius 3 is 2.78 bits per heavy atom. The van der Waals surface area contributed by atoms with Crippen LogP contribution in [0.15, 0.2) is 18.2 Å². The van der Waals surface area contributed by atoms with Crippen LogP contribution in [0.25, 0.3) is 0 Å². The van der Waals surface area contributed by atoms with Gasteiger partial charge in [-0.2, -0.15) is 0 Å². The molecule has 1 aliphatic heterocycles. The Morgan fingerprint density at radius 2 is 2.22 bits per heavy atom. The van der Waals surface area contributed by atoms with E-state index in [-0.39, 0.29) is 11.1 Å². The number of carboxylic acid groups (broad SMARTS) is 1. The Hall–Kier alpha value is -1.49. The molecule has 1 saturated heterocycles. The van der Waals surface area contributed by atoms with Crippen LogP contribution in [0.4, 0.5) is 14.9 Å². The Balaban J connectivity index is 2.15. The smallest absolute Gasteiger partial charge is 0.407 e. The molecule has 0 saturated carbocycles. The molecule has 0 radical (unpaired) electrons. The van der Waals surface area contributed by atoms with Crippen molar-refractivity contribution in [3.05, 3.63) is 29.0 Å². The van der Waals surface area contributed by atoms with Gasteiger partial charge >= 0.3 is 6.09 Å². The number of hydrogen-bond acceptors (Lipinski definition) is 2. The third kappa shape index (κ3) is 2.51. The average Bonchev–Trinajstić information content (AvgIpc) is 2.32. The molecule has 0 bridgehead atoms. The summed E-state index contributed by atoms with van der Waals surface area (Å²) in [6.07, 6.45) is -0.913. The highest BCUT2D eigenvalue weighted by Crippen LogP contribution is 2.25. The first-order valence-corrected chi connectivity index (χ1v) is 6.06. The Kier molecular flexibility index (Phi) is 3.61. The van der Waals surface area contributed by atoms with Crippen LogP contribution >= 0.6 is 11.6 Å². The molecular weight excluding hydrogens is 259 g/mol. The van der Waals surface area contributed by atoms with Crippen molar-refractivity contribution < 1.29 is 14.3 Å². The summed E-state index contributed by atoms with van der Waals surface area (Å²) in [5.41, 5.74) is 0.731. The van der Waals surface area contributed by atoms with Crippen LogP contribution in [0.2, 0.25) is 5.02 Å². The Morgan fingerprint density at radius 1 is 1.50 bits per heavy atom. The summed E-state index contributed by atoms with van der Waals surface area (Å²) in [7, 11) is 0. The molecule has 1 heterocycles. The van der Waals surface area contributed by atoms with Gasteiger partial charge < -0.3 is 14.9 Å². The van der Waals surface area contributed by atoms with E-state index in [1.165, 1.54) is 17.0 Å². The summed E-state index contributed by atoms with van der Waals surface area (Å²) in [6, 6.07) is 4.66. The topological polar surface area (TPSA) is 43.8 Å². The number of piperazine rings is 1. The van der Waals surface area contributed by atoms with Gasteiger partial charge in [-0.1, -0.05) is 11.6 Å². The van der Waals surface area contributed by atoms with E-state index in [2.05, 4.69) is 0 Å². The maximum atomic E-state index is 13.4. The Bertz CT molecular complexity index is 469. The van der Waals surface area contributed by atoms with Gasteiger partial charge in [-0.25, -0.2) is 9.18 Å². The van der Waals surface area contributed by atoms with Crippen LogP contribution in [-0.2, 0) is 0 Å². The SMILES string of the molecule is CC1CN(C(=O)O)CCN1c1ccc(Cl)c(F)c1. The van der Waals surface area contributed by atoms with Crippen LogP contribution in [-0.4, -0.2) is 41.8 Å². The van der Waals surface area contributed by atoms with E-state index in [0.29, 0.717) is 19.6 Å². The van der Waals surface area contributed by atoms with E-state index in [1.54, 1.807) is 6.07 Å². The molecule has 2 rings (SSSR count). The summed E-state index contributed by atoms with van der Waals surface area (Å²) in [6.45, 7) is 3.31. The second-order valence-corrected chi connectivity index (χ2v) is 4.78. The highest BCUT2D eigenvalue weighted by atomic mass is 35.5. The number of rotatable bonds is 1. The van der Waals surface area contributed by atoms with E-state index >= 15 is 0 Å². The zero-order chi connectivity index (χ0) is 13.3. The van der Waals surface area contributed by atoms with Crippen LogP contribution < -0.4 is 4.90 Å². The lowest BCUT2D eigenvalue weighted by Crippen LogP contribution is -2.53. The molecule has 4 nitrogen and oxygen atoms in total. The summed E-state index contributed by atoms with van der Waals surface area (Å²) in [5, 5.41) is 9.02. The maximum absolute atomic E-state index is 13.4. The van der Waals surface area contributed by atoms with Gasteiger partial charge in [-0.3, -0.25) is 0 Å². The molecule has 1 N–H and O–H groups in total. The van der Waals surface area contributed by atoms with Crippen molar-refractivity contribution in [3.8, 4) is 0 Å². The third-order valence-corrected chi connectivity index (χ3v) is 3.44. The quantitative estimate of drug-likeness (QED) is 0.855. The minimum atomic E-state index is -0.913. The molecule has 1 aliphatic rings. The summed E-state index contributed by atoms with van der Waals surface area (Å²) in [5.74, 6) is -0.456. The maximum Gasteiger partial charge on any atom is 0.407 e. The lowest BCUT2D eigenvalue weighted by atomic mass is 10.1. The first-order chi connectivity index (χ1) is 8.49. The Labute approximate surface area is 110 Å². The second kappa shape index (κ2) is 5.02. The second-order valence-electron chi connectivity index (χ2n) is 4.37. The number of carbonyl (C=O) groups is 1. The average molecular weight is 273 g/mol. The van der Waals surface area contributed by atoms with E-state index in [0.717, 1.165) is 5.69 Å². The predicted octanol–water partition coefficient (Wildman–Crippen LogP) is 2.67. The zero-order valence-electron chi connectivity index (χ0n) is 9.94. The van der Waals surface area contributed by atoms with Crippen LogP contribution in [0.5, 0.6) is 0 Å². The van der Waals surface area contributed by atoms with Crippen LogP contribution in [0, 0.1) is 5.82 Å². The van der Waals surface area contributed by atoms with Gasteiger partial charge in [-0.05, 0) is 25.1 Å². The van der Waals surface area contributed by atoms with E-state index in [9.17, 15) is 9.18 Å². The van der Waals surface area contributed by atoms with Crippen molar-refractivity contribution in [2.45, 2.75) is 13.0 Å². The molecule has 1 aromatic carbocycles. The van der Waals surface area contributed by atoms with Gasteiger partial charge in [-0.15, -0.1) is 0 Å². The summed E-state index contributed by atoms with van der Waals surface area (Å²) < 4.78 is 13.4. The normalized spacial score (nSPS) is 20.1. The third-order valence-electron chi connectivity index (χ3n) is 3.13. The number of anilines is 1. The molecule has 1 unspecified atom stereocenters. The molecule has 0 aliphatic carbocycles. The van der Waals surface area contributed by atoms with E-state index in [4.69, 9.17) is 16.7 Å². The molecule has 1 fully saturated rings. The number of benzene rings is 1. The molecule has 1 amide bonds. The predicted molar refractivity (Wildman–Crippen MR) is 67.8 cm³/mol. The first-order valence-electron chi connectivity index (χ1n) is 5.68. The van der Waals surface area contributed by atoms with Crippen molar-refractivity contribution in [2.24, 2.45) is 0 Å². The molecule has 18 heavy (non-hydrogen) atoms. The van der Waals surface area contributed by atoms with Crippen molar-refractivity contribution in [1.29, 1.82) is 0 Å². The fourth-order valence-electron chi connectivity index (χ4n) is 2.18. The first kappa shape index (κ1) is 13.0. The molecular formula is C12H14ClFN2O2. The fourth-order valence-corrected chi connectivity index (χ4v) is 2.30. The van der Waals surface area contributed by atoms with Gasteiger partial charge in [0.2, 0.25) is 0 Å². The highest BCUT2D eigenvalue weighted by Gasteiger charge is 2.26. The lowest BCUT2D eigenvalue weighted by molar-refractivity contribution is 0.136. The highest BCUT2D eigenvalue weighted by molar-refractivity contribution is 6.30. The van der Waals surface area contributed by atoms with Crippen LogP contribution in [0.3, 0.4) is 0 Å². The summed E-state index contributed by atoms with van der Waals surface area (Å²) in [4.78, 5) is 14.2. The molecule has 0 spiro atoms. The molecule has 98 valence electrons. The standard InChI is InChI=1S/C12H14ClFN2O2/c1-8-7-15(12(17)18)4-5-16(8)9-2-3-10(13)11(14)6-9/h2-3,6,8H,4-5,7H2,1H3,(H,17,18). The van der Waals surface area contributed by atoms with Crippen molar-refractivity contribution in [1.82, 2.24) is 4.90 Å². The van der Waals surface area contributed by atoms with Gasteiger partial charge in [0.15, 0.2) is 0 Å². The molecule has 1 aromatic rings. The largest absolute Gasteiger partial charge is 0.465 e. The van der Waals surface area contributed by atoms with Crippen molar-refractivity contribution >= 4 is 23.4 Å². The van der Waals surface area contributed by atoms with Crippen LogP contribution in [0.1, 0.15) is 6.92 Å². The minimum absolute atomic E-state index is 0.00965. The number of nitrogens with zero attached hydrogens (tertiary/aromatic N) is 2. The fraction of sp³-hybridized carbons (Fsp3) is 0.417. The van der Waals surface area contributed by atoms with E-state index in [1.807, 2.05) is 11.8 Å². The monoisotopic (exact) mass is 272 g/mol. The molecule has 0 aromatic heterocycles. The van der Waals surface area contributed by atoms with Gasteiger partial charge in [0.1, 0.15) is 5.82 Å². The minimum Gasteiger partial charge on any atom is -0.465 e. The lowest BCUT2D eigenvalue weighted by Gasteiger charge is -2.40. The van der Waals surface area contributed by atoms with Crippen molar-refractivity contribution in [2.75, 3.05) is 24.5 Å². The van der Waals surface area contributed by atoms with Crippen molar-refractivity contribution in [3.63, 3.8) is 0 Å².